The van der Waals surface area contributed by atoms with Gasteiger partial charge in [0.05, 0.1) is 10.4 Å². The van der Waals surface area contributed by atoms with Gasteiger partial charge in [0.2, 0.25) is 0 Å². The number of aromatic nitrogens is 1. The Bertz CT molecular complexity index is 669. The van der Waals surface area contributed by atoms with E-state index in [1.807, 2.05) is 0 Å². The smallest absolute Gasteiger partial charge is 0.125 e. The Hall–Kier alpha value is -0.930. The van der Waals surface area contributed by atoms with E-state index in [0.717, 1.165) is 6.07 Å². The fourth-order valence-corrected chi connectivity index (χ4v) is 2.84. The molecule has 0 aliphatic rings. The summed E-state index contributed by atoms with van der Waals surface area (Å²) in [5, 5.41) is 11.7. The average Bonchev–Trinajstić information content (AvgIpc) is 2.22. The Labute approximate surface area is 105 Å². The molecule has 0 aliphatic carbocycles. The Morgan fingerprint density at radius 2 is 2.06 bits per heavy atom. The normalized spacial score (nSPS) is 11.9. The molecule has 0 atom stereocenters. The predicted octanol–water partition coefficient (Wildman–Crippen LogP) is 0.817. The van der Waals surface area contributed by atoms with Gasteiger partial charge in [0.15, 0.2) is 0 Å². The van der Waals surface area contributed by atoms with Crippen molar-refractivity contribution < 1.29 is 18.1 Å². The highest BCUT2D eigenvalue weighted by Crippen LogP contribution is 2.31. The molecular formula is C9H4INO4S-2. The summed E-state index contributed by atoms with van der Waals surface area (Å²) in [7, 11) is -4.60. The van der Waals surface area contributed by atoms with Crippen molar-refractivity contribution in [3.05, 3.63) is 28.0 Å². The first kappa shape index (κ1) is 11.6. The molecule has 1 aromatic heterocycles. The van der Waals surface area contributed by atoms with Crippen molar-refractivity contribution >= 4 is 43.6 Å². The van der Waals surface area contributed by atoms with Gasteiger partial charge in [-0.15, -0.1) is 0 Å². The summed E-state index contributed by atoms with van der Waals surface area (Å²) in [6.45, 7) is 0. The molecule has 5 nitrogen and oxygen atoms in total. The zero-order valence-electron chi connectivity index (χ0n) is 7.68. The van der Waals surface area contributed by atoms with E-state index >= 15 is 0 Å². The van der Waals surface area contributed by atoms with E-state index in [2.05, 4.69) is 4.98 Å². The van der Waals surface area contributed by atoms with Gasteiger partial charge in [-0.2, -0.15) is 0 Å². The maximum Gasteiger partial charge on any atom is 0.125 e. The van der Waals surface area contributed by atoms with Crippen LogP contribution in [-0.4, -0.2) is 18.0 Å². The van der Waals surface area contributed by atoms with Crippen LogP contribution in [0, 0.1) is 3.57 Å². The minimum Gasteiger partial charge on any atom is -0.870 e. The van der Waals surface area contributed by atoms with Crippen LogP contribution >= 0.6 is 22.6 Å². The molecule has 0 saturated carbocycles. The predicted molar refractivity (Wildman–Crippen MR) is 61.9 cm³/mol. The largest absolute Gasteiger partial charge is 0.870 e. The minimum atomic E-state index is -4.60. The molecule has 0 radical (unpaired) electrons. The van der Waals surface area contributed by atoms with Crippen LogP contribution in [0.2, 0.25) is 0 Å². The molecule has 0 unspecified atom stereocenters. The molecule has 0 N–H and O–H groups in total. The van der Waals surface area contributed by atoms with Gasteiger partial charge in [0.1, 0.15) is 10.1 Å². The number of halogens is 1. The fraction of sp³-hybridized carbons (Fsp3) is 0. The molecule has 0 fully saturated rings. The lowest BCUT2D eigenvalue weighted by molar-refractivity contribution is -0.267. The lowest BCUT2D eigenvalue weighted by Gasteiger charge is -2.17. The van der Waals surface area contributed by atoms with E-state index in [4.69, 9.17) is 0 Å². The first-order chi connectivity index (χ1) is 7.41. The number of hydrogen-bond acceptors (Lipinski definition) is 5. The molecule has 16 heavy (non-hydrogen) atoms. The van der Waals surface area contributed by atoms with E-state index in [1.165, 1.54) is 18.3 Å². The standard InChI is InChI=1S/C9H6INO4S/c10-6-4-7(16(13,14)15)5-2-1-3-11-8(5)9(6)12/h1-4,12H,(H,13,14,15)/p-2. The summed E-state index contributed by atoms with van der Waals surface area (Å²) < 4.78 is 33.2. The molecule has 1 heterocycles. The van der Waals surface area contributed by atoms with Crippen LogP contribution < -0.4 is 5.11 Å². The maximum atomic E-state index is 11.6. The Balaban J connectivity index is 3.02. The molecule has 1 aromatic carbocycles. The van der Waals surface area contributed by atoms with Crippen molar-refractivity contribution in [3.63, 3.8) is 0 Å². The molecule has 0 bridgehead atoms. The second-order valence-corrected chi connectivity index (χ2v) is 5.55. The van der Waals surface area contributed by atoms with Gasteiger partial charge < -0.3 is 9.66 Å². The van der Waals surface area contributed by atoms with Crippen LogP contribution in [0.1, 0.15) is 0 Å². The van der Waals surface area contributed by atoms with E-state index in [1.54, 1.807) is 22.6 Å². The zero-order valence-corrected chi connectivity index (χ0v) is 10.6. The van der Waals surface area contributed by atoms with Crippen LogP contribution in [0.5, 0.6) is 5.75 Å². The Kier molecular flexibility index (Phi) is 2.76. The zero-order chi connectivity index (χ0) is 11.9. The molecule has 2 aromatic rings. The van der Waals surface area contributed by atoms with Crippen LogP contribution in [0.25, 0.3) is 10.9 Å². The second-order valence-electron chi connectivity index (χ2n) is 3.04. The van der Waals surface area contributed by atoms with Crippen molar-refractivity contribution in [2.75, 3.05) is 0 Å². The topological polar surface area (TPSA) is 93.2 Å². The van der Waals surface area contributed by atoms with Gasteiger partial charge in [0, 0.05) is 15.2 Å². The average molecular weight is 349 g/mol. The number of pyridine rings is 1. The van der Waals surface area contributed by atoms with Gasteiger partial charge >= 0.3 is 0 Å². The summed E-state index contributed by atoms with van der Waals surface area (Å²) in [4.78, 5) is 3.39. The monoisotopic (exact) mass is 349 g/mol. The summed E-state index contributed by atoms with van der Waals surface area (Å²) >= 11 is 1.68. The van der Waals surface area contributed by atoms with E-state index in [0.29, 0.717) is 0 Å². The lowest BCUT2D eigenvalue weighted by Crippen LogP contribution is -2.04. The molecular weight excluding hydrogens is 345 g/mol. The lowest BCUT2D eigenvalue weighted by atomic mass is 10.2. The van der Waals surface area contributed by atoms with Crippen molar-refractivity contribution in [2.45, 2.75) is 4.90 Å². The Morgan fingerprint density at radius 3 is 2.69 bits per heavy atom. The molecule has 0 aliphatic heterocycles. The quantitative estimate of drug-likeness (QED) is 0.561. The highest BCUT2D eigenvalue weighted by Gasteiger charge is 2.10. The van der Waals surface area contributed by atoms with Crippen molar-refractivity contribution in [1.82, 2.24) is 4.98 Å². The number of rotatable bonds is 1. The van der Waals surface area contributed by atoms with E-state index in [-0.39, 0.29) is 20.2 Å². The third kappa shape index (κ3) is 1.85. The third-order valence-electron chi connectivity index (χ3n) is 2.03. The van der Waals surface area contributed by atoms with Crippen LogP contribution in [0.15, 0.2) is 29.3 Å². The summed E-state index contributed by atoms with van der Waals surface area (Å²) in [5.74, 6) is -0.372. The second kappa shape index (κ2) is 3.82. The van der Waals surface area contributed by atoms with E-state index in [9.17, 15) is 18.1 Å². The molecule has 2 rings (SSSR count). The highest BCUT2D eigenvalue weighted by molar-refractivity contribution is 14.1. The maximum absolute atomic E-state index is 11.6. The van der Waals surface area contributed by atoms with Crippen molar-refractivity contribution in [3.8, 4) is 5.75 Å². The molecule has 0 spiro atoms. The van der Waals surface area contributed by atoms with Crippen molar-refractivity contribution in [2.24, 2.45) is 0 Å². The molecule has 0 amide bonds. The van der Waals surface area contributed by atoms with Gasteiger partial charge in [-0.1, -0.05) is 11.8 Å². The summed E-state index contributed by atoms with van der Waals surface area (Å²) in [5.41, 5.74) is 0.00354. The van der Waals surface area contributed by atoms with Gasteiger partial charge in [0.25, 0.3) is 0 Å². The third-order valence-corrected chi connectivity index (χ3v) is 3.71. The van der Waals surface area contributed by atoms with Gasteiger partial charge in [-0.05, 0) is 34.7 Å². The minimum absolute atomic E-state index is 0.00354. The van der Waals surface area contributed by atoms with Crippen molar-refractivity contribution in [1.29, 1.82) is 0 Å². The fourth-order valence-electron chi connectivity index (χ4n) is 1.36. The first-order valence-electron chi connectivity index (χ1n) is 4.11. The Morgan fingerprint density at radius 1 is 1.38 bits per heavy atom. The van der Waals surface area contributed by atoms with Crippen LogP contribution in [0.3, 0.4) is 0 Å². The van der Waals surface area contributed by atoms with Crippen LogP contribution in [-0.2, 0) is 10.1 Å². The number of hydrogen-bond donors (Lipinski definition) is 0. The van der Waals surface area contributed by atoms with E-state index < -0.39 is 15.0 Å². The van der Waals surface area contributed by atoms with Gasteiger partial charge in [-0.25, -0.2) is 8.42 Å². The SMILES string of the molecule is O=S(=O)([O-])c1cc(I)c([O-])c2ncccc12. The number of benzene rings is 1. The first-order valence-corrected chi connectivity index (χ1v) is 6.60. The number of nitrogens with zero attached hydrogens (tertiary/aromatic N) is 1. The number of fused-ring (bicyclic) bond motifs is 1. The molecule has 7 heteroatoms. The molecule has 0 saturated heterocycles. The molecule has 84 valence electrons. The summed E-state index contributed by atoms with van der Waals surface area (Å²) in [6, 6.07) is 3.95. The summed E-state index contributed by atoms with van der Waals surface area (Å²) in [6.07, 6.45) is 1.38. The van der Waals surface area contributed by atoms with Gasteiger partial charge in [-0.3, -0.25) is 4.98 Å². The van der Waals surface area contributed by atoms with Crippen LogP contribution in [0.4, 0.5) is 0 Å². The highest BCUT2D eigenvalue weighted by atomic mass is 127.